The van der Waals surface area contributed by atoms with E-state index in [1.807, 2.05) is 42.5 Å². The number of nitrogens with zero attached hydrogens (tertiary/aromatic N) is 2. The number of carboxylic acids is 1. The Balaban J connectivity index is 1.96. The Hall–Kier alpha value is -3.41. The lowest BCUT2D eigenvalue weighted by Gasteiger charge is -2.05. The predicted octanol–water partition coefficient (Wildman–Crippen LogP) is 2.85. The molecule has 0 radical (unpaired) electrons. The summed E-state index contributed by atoms with van der Waals surface area (Å²) in [6.45, 7) is 1.58. The smallest absolute Gasteiger partial charge is 0.356 e. The second-order valence-corrected chi connectivity index (χ2v) is 5.63. The Kier molecular flexibility index (Phi) is 2.99. The van der Waals surface area contributed by atoms with Crippen molar-refractivity contribution in [1.29, 1.82) is 0 Å². The van der Waals surface area contributed by atoms with Crippen LogP contribution in [0.25, 0.3) is 27.5 Å². The number of aromatic nitrogens is 3. The van der Waals surface area contributed by atoms with Gasteiger partial charge in [-0.25, -0.2) is 9.31 Å². The van der Waals surface area contributed by atoms with Gasteiger partial charge in [0.1, 0.15) is 5.52 Å². The van der Waals surface area contributed by atoms with Crippen molar-refractivity contribution >= 4 is 22.3 Å². The van der Waals surface area contributed by atoms with Gasteiger partial charge in [0, 0.05) is 11.1 Å². The Bertz CT molecular complexity index is 1170. The third-order valence-electron chi connectivity index (χ3n) is 4.12. The first-order valence-electron chi connectivity index (χ1n) is 7.39. The number of hydrogen-bond acceptors (Lipinski definition) is 3. The minimum atomic E-state index is -1.15. The molecule has 0 bridgehead atoms. The summed E-state index contributed by atoms with van der Waals surface area (Å²) in [5, 5.41) is 15.4. The number of nitrogens with one attached hydrogen (secondary N) is 1. The van der Waals surface area contributed by atoms with Crippen molar-refractivity contribution < 1.29 is 9.90 Å². The summed E-state index contributed by atoms with van der Waals surface area (Å²) in [6, 6.07) is 13.8. The fourth-order valence-corrected chi connectivity index (χ4v) is 2.93. The Morgan fingerprint density at radius 2 is 1.92 bits per heavy atom. The maximum atomic E-state index is 12.4. The number of benzene rings is 2. The van der Waals surface area contributed by atoms with Crippen LogP contribution in [0.15, 0.2) is 53.5 Å². The van der Waals surface area contributed by atoms with Crippen LogP contribution in [0.1, 0.15) is 16.1 Å². The van der Waals surface area contributed by atoms with Gasteiger partial charge >= 0.3 is 5.97 Å². The van der Waals surface area contributed by atoms with Gasteiger partial charge in [0.15, 0.2) is 5.69 Å². The fraction of sp³-hybridized carbons (Fsp3) is 0.0556. The van der Waals surface area contributed by atoms with E-state index < -0.39 is 5.97 Å². The lowest BCUT2D eigenvalue weighted by Crippen LogP contribution is -2.11. The van der Waals surface area contributed by atoms with Crippen LogP contribution < -0.4 is 5.56 Å². The molecule has 2 N–H and O–H groups in total. The molecule has 0 spiro atoms. The summed E-state index contributed by atoms with van der Waals surface area (Å²) in [6.07, 6.45) is 1.64. The van der Waals surface area contributed by atoms with Crippen molar-refractivity contribution in [2.45, 2.75) is 6.92 Å². The number of carbonyl (C=O) groups is 1. The van der Waals surface area contributed by atoms with Crippen molar-refractivity contribution in [2.75, 3.05) is 0 Å². The number of aromatic amines is 1. The molecule has 0 atom stereocenters. The van der Waals surface area contributed by atoms with Crippen LogP contribution in [-0.2, 0) is 0 Å². The topological polar surface area (TPSA) is 87.5 Å². The number of H-pyrrole nitrogens is 1. The summed E-state index contributed by atoms with van der Waals surface area (Å²) >= 11 is 0. The zero-order valence-electron chi connectivity index (χ0n) is 12.8. The average molecular weight is 319 g/mol. The molecule has 2 aromatic carbocycles. The highest BCUT2D eigenvalue weighted by Crippen LogP contribution is 2.23. The maximum Gasteiger partial charge on any atom is 0.356 e. The third kappa shape index (κ3) is 2.08. The number of aromatic carboxylic acids is 1. The second kappa shape index (κ2) is 5.06. The van der Waals surface area contributed by atoms with Crippen LogP contribution in [0, 0.1) is 6.92 Å². The first-order valence-corrected chi connectivity index (χ1v) is 7.39. The largest absolute Gasteiger partial charge is 0.476 e. The van der Waals surface area contributed by atoms with Crippen LogP contribution in [0.3, 0.4) is 0 Å². The van der Waals surface area contributed by atoms with Crippen LogP contribution in [-0.4, -0.2) is 25.7 Å². The van der Waals surface area contributed by atoms with Crippen LogP contribution in [0.2, 0.25) is 0 Å². The summed E-state index contributed by atoms with van der Waals surface area (Å²) < 4.78 is 1.34. The fourth-order valence-electron chi connectivity index (χ4n) is 2.93. The maximum absolute atomic E-state index is 12.4. The Morgan fingerprint density at radius 3 is 2.67 bits per heavy atom. The van der Waals surface area contributed by atoms with Gasteiger partial charge < -0.3 is 10.1 Å². The van der Waals surface area contributed by atoms with Crippen LogP contribution >= 0.6 is 0 Å². The van der Waals surface area contributed by atoms with E-state index in [9.17, 15) is 14.7 Å². The zero-order chi connectivity index (χ0) is 16.8. The standard InChI is InChI=1S/C18H13N3O3/c1-10-15(18(23)24)20-21-9-14(19-17(22)16(10)21)13-7-6-11-4-2-3-5-12(11)8-13/h2-9H,1H3,(H,19,22)(H,23,24). The minimum absolute atomic E-state index is 0.115. The summed E-state index contributed by atoms with van der Waals surface area (Å²) in [5.41, 5.74) is 1.54. The van der Waals surface area contributed by atoms with Gasteiger partial charge in [0.05, 0.1) is 11.9 Å². The molecule has 6 nitrogen and oxygen atoms in total. The second-order valence-electron chi connectivity index (χ2n) is 5.63. The number of rotatable bonds is 2. The van der Waals surface area contributed by atoms with E-state index in [0.717, 1.165) is 16.3 Å². The highest BCUT2D eigenvalue weighted by Gasteiger charge is 2.18. The summed E-state index contributed by atoms with van der Waals surface area (Å²) in [7, 11) is 0. The molecule has 118 valence electrons. The lowest BCUT2D eigenvalue weighted by atomic mass is 10.1. The molecule has 0 aliphatic rings. The lowest BCUT2D eigenvalue weighted by molar-refractivity contribution is 0.0689. The minimum Gasteiger partial charge on any atom is -0.476 e. The molecule has 4 rings (SSSR count). The van der Waals surface area contributed by atoms with E-state index in [4.69, 9.17) is 0 Å². The van der Waals surface area contributed by atoms with Gasteiger partial charge in [0.25, 0.3) is 5.56 Å². The molecule has 0 amide bonds. The first kappa shape index (κ1) is 14.2. The molecule has 0 aliphatic heterocycles. The van der Waals surface area contributed by atoms with Crippen molar-refractivity contribution in [1.82, 2.24) is 14.6 Å². The van der Waals surface area contributed by atoms with Gasteiger partial charge in [-0.1, -0.05) is 36.4 Å². The molecule has 2 heterocycles. The quantitative estimate of drug-likeness (QED) is 0.595. The van der Waals surface area contributed by atoms with E-state index in [-0.39, 0.29) is 16.8 Å². The molecule has 24 heavy (non-hydrogen) atoms. The molecule has 0 fully saturated rings. The molecule has 0 saturated heterocycles. The number of aryl methyl sites for hydroxylation is 1. The van der Waals surface area contributed by atoms with Gasteiger partial charge in [-0.15, -0.1) is 0 Å². The van der Waals surface area contributed by atoms with E-state index >= 15 is 0 Å². The average Bonchev–Trinajstić information content (AvgIpc) is 2.92. The van der Waals surface area contributed by atoms with Crippen LogP contribution in [0.5, 0.6) is 0 Å². The first-order chi connectivity index (χ1) is 11.5. The summed E-state index contributed by atoms with van der Waals surface area (Å²) in [4.78, 5) is 26.4. The highest BCUT2D eigenvalue weighted by atomic mass is 16.4. The SMILES string of the molecule is Cc1c(C(=O)O)nn2cc(-c3ccc4ccccc4c3)[nH]c(=O)c12. The van der Waals surface area contributed by atoms with Crippen molar-refractivity contribution in [3.63, 3.8) is 0 Å². The van der Waals surface area contributed by atoms with Gasteiger partial charge in [0.2, 0.25) is 0 Å². The van der Waals surface area contributed by atoms with Gasteiger partial charge in [-0.3, -0.25) is 4.79 Å². The van der Waals surface area contributed by atoms with E-state index in [1.54, 1.807) is 13.1 Å². The van der Waals surface area contributed by atoms with E-state index in [0.29, 0.717) is 11.3 Å². The Morgan fingerprint density at radius 1 is 1.17 bits per heavy atom. The molecule has 0 saturated carbocycles. The highest BCUT2D eigenvalue weighted by molar-refractivity contribution is 5.90. The molecule has 4 aromatic rings. The molecule has 0 aliphatic carbocycles. The molecule has 2 aromatic heterocycles. The van der Waals surface area contributed by atoms with Gasteiger partial charge in [-0.05, 0) is 23.8 Å². The van der Waals surface area contributed by atoms with Gasteiger partial charge in [-0.2, -0.15) is 5.10 Å². The Labute approximate surface area is 136 Å². The van der Waals surface area contributed by atoms with E-state index in [2.05, 4.69) is 10.1 Å². The zero-order valence-corrected chi connectivity index (χ0v) is 12.8. The molecule has 0 unspecified atom stereocenters. The third-order valence-corrected chi connectivity index (χ3v) is 4.12. The molecule has 6 heteroatoms. The van der Waals surface area contributed by atoms with Crippen molar-refractivity contribution in [3.05, 3.63) is 70.3 Å². The summed E-state index contributed by atoms with van der Waals surface area (Å²) in [5.74, 6) is -1.15. The number of hydrogen-bond donors (Lipinski definition) is 2. The molecular weight excluding hydrogens is 306 g/mol. The van der Waals surface area contributed by atoms with Crippen molar-refractivity contribution in [3.8, 4) is 11.3 Å². The van der Waals surface area contributed by atoms with Crippen LogP contribution in [0.4, 0.5) is 0 Å². The molecular formula is C18H13N3O3. The normalized spacial score (nSPS) is 11.2. The number of carboxylic acid groups (broad SMARTS) is 1. The van der Waals surface area contributed by atoms with E-state index in [1.165, 1.54) is 4.52 Å². The monoisotopic (exact) mass is 319 g/mol. The number of fused-ring (bicyclic) bond motifs is 2. The predicted molar refractivity (Wildman–Crippen MR) is 90.5 cm³/mol. The van der Waals surface area contributed by atoms with Crippen molar-refractivity contribution in [2.24, 2.45) is 0 Å².